The first-order valence-electron chi connectivity index (χ1n) is 6.77. The molecule has 0 saturated carbocycles. The van der Waals surface area contributed by atoms with E-state index in [1.807, 2.05) is 0 Å². The van der Waals surface area contributed by atoms with Crippen molar-refractivity contribution < 1.29 is 52.7 Å². The van der Waals surface area contributed by atoms with Gasteiger partial charge < -0.3 is 0 Å². The average molecular weight is 447 g/mol. The molecular formula is C12H14F12NOP. The normalized spacial score (nSPS) is 22.4. The second kappa shape index (κ2) is 6.91. The molecule has 0 aliphatic heterocycles. The Kier molecular flexibility index (Phi) is 6.70. The summed E-state index contributed by atoms with van der Waals surface area (Å²) >= 11 is 0. The molecule has 0 aliphatic rings. The van der Waals surface area contributed by atoms with Crippen LogP contribution in [0.3, 0.4) is 0 Å². The van der Waals surface area contributed by atoms with Crippen molar-refractivity contribution in [1.82, 2.24) is 0 Å². The van der Waals surface area contributed by atoms with Crippen LogP contribution in [0.1, 0.15) is 20.8 Å². The summed E-state index contributed by atoms with van der Waals surface area (Å²) in [6.07, 6.45) is -11.2. The van der Waals surface area contributed by atoms with Crippen molar-refractivity contribution in [2.45, 2.75) is 67.4 Å². The Morgan fingerprint density at radius 1 is 0.852 bits per heavy atom. The van der Waals surface area contributed by atoms with Crippen LogP contribution in [0, 0.1) is 4.91 Å². The van der Waals surface area contributed by atoms with Crippen LogP contribution in [0.5, 0.6) is 0 Å². The molecule has 0 heterocycles. The number of halogens is 12. The van der Waals surface area contributed by atoms with Crippen molar-refractivity contribution in [1.29, 1.82) is 0 Å². The molecule has 0 spiro atoms. The first-order valence-corrected chi connectivity index (χ1v) is 7.34. The summed E-state index contributed by atoms with van der Waals surface area (Å²) in [5.41, 5.74) is -10.8. The number of hydrogen-bond donors (Lipinski definition) is 0. The molecule has 5 unspecified atom stereocenters. The van der Waals surface area contributed by atoms with E-state index in [1.165, 1.54) is 5.18 Å². The maximum atomic E-state index is 14.6. The quantitative estimate of drug-likeness (QED) is 0.269. The Hall–Kier alpha value is -0.810. The van der Waals surface area contributed by atoms with E-state index >= 15 is 0 Å². The van der Waals surface area contributed by atoms with Gasteiger partial charge in [0, 0.05) is 6.92 Å². The molecule has 27 heavy (non-hydrogen) atoms. The number of nitrogens with zero attached hydrogens (tertiary/aromatic N) is 1. The minimum atomic E-state index is -6.36. The van der Waals surface area contributed by atoms with Crippen molar-refractivity contribution in [2.24, 2.45) is 5.18 Å². The van der Waals surface area contributed by atoms with Crippen LogP contribution < -0.4 is 0 Å². The average Bonchev–Trinajstić information content (AvgIpc) is 2.42. The van der Waals surface area contributed by atoms with Crippen molar-refractivity contribution in [3.63, 3.8) is 0 Å². The zero-order chi connectivity index (χ0) is 22.5. The molecule has 15 heteroatoms. The maximum absolute atomic E-state index is 14.6. The van der Waals surface area contributed by atoms with Gasteiger partial charge in [0.15, 0.2) is 10.8 Å². The third kappa shape index (κ3) is 3.74. The van der Waals surface area contributed by atoms with Crippen molar-refractivity contribution >= 4 is 9.24 Å². The molecule has 0 fully saturated rings. The van der Waals surface area contributed by atoms with Gasteiger partial charge in [-0.3, -0.25) is 0 Å². The van der Waals surface area contributed by atoms with Gasteiger partial charge in [0.05, 0.1) is 0 Å². The van der Waals surface area contributed by atoms with Crippen molar-refractivity contribution in [2.75, 3.05) is 6.54 Å². The van der Waals surface area contributed by atoms with Gasteiger partial charge in [-0.05, 0) is 13.8 Å². The van der Waals surface area contributed by atoms with E-state index in [1.54, 1.807) is 0 Å². The Morgan fingerprint density at radius 3 is 1.48 bits per heavy atom. The highest BCUT2D eigenvalue weighted by molar-refractivity contribution is 7.19. The SMILES string of the molecule is CC(F)(F)C(P)(C(F)(F)CN=O)C(F)(F)C(C)(F)C(C)(F)C(F)C(F)(F)F. The van der Waals surface area contributed by atoms with Crippen LogP contribution >= 0.6 is 9.24 Å². The Morgan fingerprint density at radius 2 is 1.22 bits per heavy atom. The Labute approximate surface area is 147 Å². The standard InChI is InChI=1S/C12H14F12NOP/c1-6(14,5(13)10(20,21)22)7(2,15)12(23,24)11(27,8(3,16)17)9(18,19)4-25-26/h5H,4,27H2,1-3H3. The molecule has 0 aromatic rings. The number of rotatable bonds is 8. The molecule has 0 rings (SSSR count). The van der Waals surface area contributed by atoms with E-state index in [9.17, 15) is 57.6 Å². The predicted octanol–water partition coefficient (Wildman–Crippen LogP) is 5.65. The predicted molar refractivity (Wildman–Crippen MR) is 73.6 cm³/mol. The van der Waals surface area contributed by atoms with Crippen LogP contribution in [-0.2, 0) is 0 Å². The van der Waals surface area contributed by atoms with Gasteiger partial charge >= 0.3 is 12.1 Å². The zero-order valence-electron chi connectivity index (χ0n) is 13.8. The number of hydrogen-bond acceptors (Lipinski definition) is 2. The lowest BCUT2D eigenvalue weighted by Crippen LogP contribution is -2.76. The van der Waals surface area contributed by atoms with Crippen molar-refractivity contribution in [3.8, 4) is 0 Å². The minimum absolute atomic E-state index is 0.175. The summed E-state index contributed by atoms with van der Waals surface area (Å²) in [6.45, 7) is -4.60. The van der Waals surface area contributed by atoms with Gasteiger partial charge in [0.2, 0.25) is 11.8 Å². The largest absolute Gasteiger partial charge is 0.422 e. The first-order chi connectivity index (χ1) is 11.5. The molecule has 0 aromatic carbocycles. The summed E-state index contributed by atoms with van der Waals surface area (Å²) in [5.74, 6) is -17.3. The molecule has 0 N–H and O–H groups in total. The van der Waals surface area contributed by atoms with Gasteiger partial charge in [-0.15, -0.1) is 9.24 Å². The summed E-state index contributed by atoms with van der Waals surface area (Å²) < 4.78 is 164. The van der Waals surface area contributed by atoms with E-state index in [2.05, 4.69) is 0 Å². The molecule has 0 aromatic heterocycles. The van der Waals surface area contributed by atoms with Gasteiger partial charge in [-0.1, -0.05) is 5.18 Å². The maximum Gasteiger partial charge on any atom is 0.422 e. The highest BCUT2D eigenvalue weighted by Gasteiger charge is 2.84. The third-order valence-electron chi connectivity index (χ3n) is 4.30. The van der Waals surface area contributed by atoms with E-state index in [-0.39, 0.29) is 9.24 Å². The number of alkyl halides is 12. The second-order valence-corrected chi connectivity index (χ2v) is 7.11. The summed E-state index contributed by atoms with van der Waals surface area (Å²) in [7, 11) is 0.175. The molecule has 2 nitrogen and oxygen atoms in total. The fourth-order valence-electron chi connectivity index (χ4n) is 2.25. The first kappa shape index (κ1) is 26.2. The Balaban J connectivity index is 6.81. The van der Waals surface area contributed by atoms with E-state index < -0.39 is 73.9 Å². The lowest BCUT2D eigenvalue weighted by molar-refractivity contribution is -0.308. The summed E-state index contributed by atoms with van der Waals surface area (Å²) in [4.78, 5) is 10.0. The molecule has 162 valence electrons. The van der Waals surface area contributed by atoms with E-state index in [0.29, 0.717) is 0 Å². The fraction of sp³-hybridized carbons (Fsp3) is 1.00. The molecule has 0 amide bonds. The molecule has 0 saturated heterocycles. The van der Waals surface area contributed by atoms with Gasteiger partial charge in [0.1, 0.15) is 6.54 Å². The second-order valence-electron chi connectivity index (χ2n) is 6.25. The monoisotopic (exact) mass is 447 g/mol. The zero-order valence-corrected chi connectivity index (χ0v) is 14.9. The highest BCUT2D eigenvalue weighted by Crippen LogP contribution is 2.63. The molecule has 0 radical (unpaired) electrons. The number of nitroso groups, excluding NO2 is 1. The summed E-state index contributed by atoms with van der Waals surface area (Å²) in [5, 5.41) is -3.88. The third-order valence-corrected chi connectivity index (χ3v) is 5.59. The van der Waals surface area contributed by atoms with E-state index in [4.69, 9.17) is 0 Å². The van der Waals surface area contributed by atoms with Gasteiger partial charge in [-0.2, -0.15) is 18.1 Å². The fourth-order valence-corrected chi connectivity index (χ4v) is 2.62. The highest BCUT2D eigenvalue weighted by atomic mass is 31.0. The van der Waals surface area contributed by atoms with Crippen LogP contribution in [0.4, 0.5) is 52.7 Å². The topological polar surface area (TPSA) is 29.4 Å². The van der Waals surface area contributed by atoms with Crippen LogP contribution in [0.25, 0.3) is 0 Å². The van der Waals surface area contributed by atoms with E-state index in [0.717, 1.165) is 0 Å². The van der Waals surface area contributed by atoms with Crippen LogP contribution in [-0.4, -0.2) is 53.2 Å². The molecule has 0 bridgehead atoms. The lowest BCUT2D eigenvalue weighted by Gasteiger charge is -2.51. The molecule has 5 atom stereocenters. The van der Waals surface area contributed by atoms with Crippen LogP contribution in [0.15, 0.2) is 5.18 Å². The Bertz CT molecular complexity index is 556. The minimum Gasteiger partial charge on any atom is -0.237 e. The van der Waals surface area contributed by atoms with Gasteiger partial charge in [0.25, 0.3) is 11.8 Å². The lowest BCUT2D eigenvalue weighted by atomic mass is 9.71. The molecule has 0 aliphatic carbocycles. The van der Waals surface area contributed by atoms with Crippen LogP contribution in [0.2, 0.25) is 0 Å². The van der Waals surface area contributed by atoms with Gasteiger partial charge in [-0.25, -0.2) is 39.5 Å². The molecular weight excluding hydrogens is 433 g/mol. The smallest absolute Gasteiger partial charge is 0.237 e. The summed E-state index contributed by atoms with van der Waals surface area (Å²) in [6, 6.07) is 0. The van der Waals surface area contributed by atoms with Crippen molar-refractivity contribution in [3.05, 3.63) is 4.91 Å².